The van der Waals surface area contributed by atoms with Crippen LogP contribution in [-0.2, 0) is 22.6 Å². The van der Waals surface area contributed by atoms with Crippen LogP contribution in [0.25, 0.3) is 0 Å². The zero-order chi connectivity index (χ0) is 14.0. The van der Waals surface area contributed by atoms with Crippen LogP contribution in [0.2, 0.25) is 0 Å². The summed E-state index contributed by atoms with van der Waals surface area (Å²) in [5, 5.41) is 5.85. The fourth-order valence-corrected chi connectivity index (χ4v) is 2.10. The van der Waals surface area contributed by atoms with Crippen LogP contribution < -0.4 is 16.4 Å². The smallest absolute Gasteiger partial charge is 0.242 e. The summed E-state index contributed by atoms with van der Waals surface area (Å²) in [6.45, 7) is 3.86. The normalized spacial score (nSPS) is 18.5. The van der Waals surface area contributed by atoms with Crippen LogP contribution in [0.4, 0.5) is 0 Å². The highest BCUT2D eigenvalue weighted by Crippen LogP contribution is 2.16. The minimum Gasteiger partial charge on any atom is -0.368 e. The van der Waals surface area contributed by atoms with Crippen LogP contribution in [0.1, 0.15) is 25.0 Å². The van der Waals surface area contributed by atoms with E-state index in [1.165, 1.54) is 11.1 Å². The number of fused-ring (bicyclic) bond motifs is 1. The Balaban J connectivity index is 2.05. The average Bonchev–Trinajstić information content (AvgIpc) is 2.37. The van der Waals surface area contributed by atoms with Crippen molar-refractivity contribution in [3.63, 3.8) is 0 Å². The maximum absolute atomic E-state index is 12.1. The quantitative estimate of drug-likeness (QED) is 0.720. The molecule has 102 valence electrons. The van der Waals surface area contributed by atoms with Crippen molar-refractivity contribution in [2.75, 3.05) is 0 Å². The largest absolute Gasteiger partial charge is 0.368 e. The van der Waals surface area contributed by atoms with Gasteiger partial charge in [-0.05, 0) is 31.4 Å². The molecule has 5 heteroatoms. The molecule has 0 aromatic heterocycles. The van der Waals surface area contributed by atoms with Crippen molar-refractivity contribution in [2.24, 2.45) is 5.73 Å². The Labute approximate surface area is 112 Å². The van der Waals surface area contributed by atoms with Crippen LogP contribution in [0.5, 0.6) is 0 Å². The molecule has 4 N–H and O–H groups in total. The van der Waals surface area contributed by atoms with E-state index in [2.05, 4.69) is 10.6 Å². The molecule has 1 aliphatic rings. The van der Waals surface area contributed by atoms with Gasteiger partial charge < -0.3 is 16.4 Å². The number of rotatable bonds is 3. The van der Waals surface area contributed by atoms with E-state index in [1.807, 2.05) is 24.3 Å². The monoisotopic (exact) mass is 261 g/mol. The molecular formula is C14H19N3O2. The Morgan fingerprint density at radius 3 is 2.58 bits per heavy atom. The van der Waals surface area contributed by atoms with Crippen molar-refractivity contribution in [3.05, 3.63) is 35.4 Å². The van der Waals surface area contributed by atoms with E-state index in [0.29, 0.717) is 13.0 Å². The van der Waals surface area contributed by atoms with E-state index in [4.69, 9.17) is 5.73 Å². The van der Waals surface area contributed by atoms with E-state index in [1.54, 1.807) is 13.8 Å². The molecule has 0 aliphatic carbocycles. The molecule has 0 fully saturated rings. The van der Waals surface area contributed by atoms with Gasteiger partial charge in [0.05, 0.1) is 6.04 Å². The topological polar surface area (TPSA) is 84.2 Å². The summed E-state index contributed by atoms with van der Waals surface area (Å²) >= 11 is 0. The highest BCUT2D eigenvalue weighted by Gasteiger charge is 2.31. The Morgan fingerprint density at radius 2 is 1.95 bits per heavy atom. The third-order valence-corrected chi connectivity index (χ3v) is 3.45. The van der Waals surface area contributed by atoms with E-state index in [9.17, 15) is 9.59 Å². The van der Waals surface area contributed by atoms with Crippen molar-refractivity contribution in [1.29, 1.82) is 0 Å². The first-order chi connectivity index (χ1) is 8.90. The molecule has 1 aromatic carbocycles. The van der Waals surface area contributed by atoms with Crippen LogP contribution in [-0.4, -0.2) is 23.4 Å². The maximum atomic E-state index is 12.1. The first-order valence-corrected chi connectivity index (χ1v) is 6.32. The second kappa shape index (κ2) is 5.01. The Hall–Kier alpha value is -1.88. The summed E-state index contributed by atoms with van der Waals surface area (Å²) in [4.78, 5) is 23.4. The molecule has 19 heavy (non-hydrogen) atoms. The summed E-state index contributed by atoms with van der Waals surface area (Å²) in [6.07, 6.45) is 0.622. The lowest BCUT2D eigenvalue weighted by molar-refractivity contribution is -0.131. The number of amides is 2. The Morgan fingerprint density at radius 1 is 1.32 bits per heavy atom. The fourth-order valence-electron chi connectivity index (χ4n) is 2.10. The first kappa shape index (κ1) is 13.5. The zero-order valence-corrected chi connectivity index (χ0v) is 11.2. The number of hydrogen-bond donors (Lipinski definition) is 3. The van der Waals surface area contributed by atoms with Crippen molar-refractivity contribution >= 4 is 11.8 Å². The predicted octanol–water partition coefficient (Wildman–Crippen LogP) is 0.0810. The van der Waals surface area contributed by atoms with Gasteiger partial charge in [0.15, 0.2) is 0 Å². The van der Waals surface area contributed by atoms with Crippen LogP contribution in [0, 0.1) is 0 Å². The van der Waals surface area contributed by atoms with Crippen molar-refractivity contribution in [3.8, 4) is 0 Å². The number of primary amides is 1. The van der Waals surface area contributed by atoms with Crippen LogP contribution >= 0.6 is 0 Å². The standard InChI is InChI=1S/C14H19N3O2/c1-14(2,13(15)19)17-12(18)11-7-9-5-3-4-6-10(9)8-16-11/h3-6,11,16H,7-8H2,1-2H3,(H2,15,19)(H,17,18). The van der Waals surface area contributed by atoms with Gasteiger partial charge in [-0.2, -0.15) is 0 Å². The number of nitrogens with two attached hydrogens (primary N) is 1. The number of hydrogen-bond acceptors (Lipinski definition) is 3. The van der Waals surface area contributed by atoms with Gasteiger partial charge >= 0.3 is 0 Å². The van der Waals surface area contributed by atoms with Gasteiger partial charge in [-0.15, -0.1) is 0 Å². The minimum absolute atomic E-state index is 0.196. The van der Waals surface area contributed by atoms with Gasteiger partial charge in [0, 0.05) is 6.54 Å². The van der Waals surface area contributed by atoms with Crippen molar-refractivity contribution in [2.45, 2.75) is 38.4 Å². The Kier molecular flexibility index (Phi) is 3.57. The summed E-state index contributed by atoms with van der Waals surface area (Å²) < 4.78 is 0. The highest BCUT2D eigenvalue weighted by atomic mass is 16.2. The third-order valence-electron chi connectivity index (χ3n) is 3.45. The van der Waals surface area contributed by atoms with Crippen molar-refractivity contribution in [1.82, 2.24) is 10.6 Å². The molecule has 2 rings (SSSR count). The van der Waals surface area contributed by atoms with E-state index in [-0.39, 0.29) is 11.9 Å². The Bertz CT molecular complexity index is 511. The number of carbonyl (C=O) groups excluding carboxylic acids is 2. The van der Waals surface area contributed by atoms with Crippen molar-refractivity contribution < 1.29 is 9.59 Å². The fraction of sp³-hybridized carbons (Fsp3) is 0.429. The molecule has 5 nitrogen and oxygen atoms in total. The number of carbonyl (C=O) groups is 2. The molecule has 0 saturated heterocycles. The van der Waals surface area contributed by atoms with Gasteiger partial charge in [-0.1, -0.05) is 24.3 Å². The maximum Gasteiger partial charge on any atom is 0.242 e. The van der Waals surface area contributed by atoms with Gasteiger partial charge in [-0.25, -0.2) is 0 Å². The summed E-state index contributed by atoms with van der Waals surface area (Å²) in [5.74, 6) is -0.740. The molecular weight excluding hydrogens is 242 g/mol. The summed E-state index contributed by atoms with van der Waals surface area (Å²) in [7, 11) is 0. The molecule has 0 saturated carbocycles. The first-order valence-electron chi connectivity index (χ1n) is 6.32. The molecule has 1 atom stereocenters. The summed E-state index contributed by atoms with van der Waals surface area (Å²) in [5.41, 5.74) is 6.59. The SMILES string of the molecule is CC(C)(NC(=O)C1Cc2ccccc2CN1)C(N)=O. The lowest BCUT2D eigenvalue weighted by Crippen LogP contribution is -2.58. The molecule has 2 amide bonds. The number of benzene rings is 1. The molecule has 1 aromatic rings. The zero-order valence-electron chi connectivity index (χ0n) is 11.2. The second-order valence-electron chi connectivity index (χ2n) is 5.38. The lowest BCUT2D eigenvalue weighted by atomic mass is 9.94. The molecule has 0 spiro atoms. The lowest BCUT2D eigenvalue weighted by Gasteiger charge is -2.29. The highest BCUT2D eigenvalue weighted by molar-refractivity contribution is 5.91. The van der Waals surface area contributed by atoms with Gasteiger partial charge in [0.25, 0.3) is 0 Å². The second-order valence-corrected chi connectivity index (χ2v) is 5.38. The van der Waals surface area contributed by atoms with Gasteiger partial charge in [0.2, 0.25) is 11.8 Å². The van der Waals surface area contributed by atoms with Gasteiger partial charge in [-0.3, -0.25) is 9.59 Å². The van der Waals surface area contributed by atoms with E-state index in [0.717, 1.165) is 0 Å². The van der Waals surface area contributed by atoms with E-state index < -0.39 is 11.4 Å². The summed E-state index contributed by atoms with van der Waals surface area (Å²) in [6, 6.07) is 7.69. The average molecular weight is 261 g/mol. The molecule has 0 bridgehead atoms. The van der Waals surface area contributed by atoms with Crippen LogP contribution in [0.3, 0.4) is 0 Å². The predicted molar refractivity (Wildman–Crippen MR) is 72.2 cm³/mol. The minimum atomic E-state index is -1.03. The molecule has 1 aliphatic heterocycles. The van der Waals surface area contributed by atoms with Crippen LogP contribution in [0.15, 0.2) is 24.3 Å². The van der Waals surface area contributed by atoms with E-state index >= 15 is 0 Å². The van der Waals surface area contributed by atoms with Gasteiger partial charge in [0.1, 0.15) is 5.54 Å². The molecule has 1 unspecified atom stereocenters. The third kappa shape index (κ3) is 2.93. The molecule has 0 radical (unpaired) electrons. The number of nitrogens with one attached hydrogen (secondary N) is 2. The molecule has 1 heterocycles.